The van der Waals surface area contributed by atoms with E-state index < -0.39 is 0 Å². The van der Waals surface area contributed by atoms with Gasteiger partial charge in [0.2, 0.25) is 0 Å². The summed E-state index contributed by atoms with van der Waals surface area (Å²) in [6.07, 6.45) is 4.67. The van der Waals surface area contributed by atoms with Crippen molar-refractivity contribution < 1.29 is 9.53 Å². The van der Waals surface area contributed by atoms with Crippen molar-refractivity contribution in [2.45, 2.75) is 45.2 Å². The molecule has 0 aromatic rings. The lowest BCUT2D eigenvalue weighted by molar-refractivity contribution is 0.0570. The second-order valence-electron chi connectivity index (χ2n) is 4.78. The fraction of sp³-hybridized carbons (Fsp3) is 0.769. The predicted octanol–water partition coefficient (Wildman–Crippen LogP) is 2.07. The van der Waals surface area contributed by atoms with E-state index in [1.54, 1.807) is 0 Å². The maximum absolute atomic E-state index is 11.7. The van der Waals surface area contributed by atoms with Crippen LogP contribution in [0.1, 0.15) is 33.1 Å². The summed E-state index contributed by atoms with van der Waals surface area (Å²) in [6.45, 7) is 9.31. The Labute approximate surface area is 104 Å². The lowest BCUT2D eigenvalue weighted by Crippen LogP contribution is -2.47. The molecule has 1 saturated heterocycles. The van der Waals surface area contributed by atoms with Gasteiger partial charge < -0.3 is 15.4 Å². The Hall–Kier alpha value is -1.03. The molecule has 1 rings (SSSR count). The molecule has 1 aliphatic rings. The first kappa shape index (κ1) is 14.0. The van der Waals surface area contributed by atoms with E-state index in [1.165, 1.54) is 0 Å². The Morgan fingerprint density at radius 2 is 2.06 bits per heavy atom. The molecule has 2 atom stereocenters. The Morgan fingerprint density at radius 1 is 1.41 bits per heavy atom. The van der Waals surface area contributed by atoms with Gasteiger partial charge in [-0.05, 0) is 39.0 Å². The van der Waals surface area contributed by atoms with Crippen LogP contribution in [0.3, 0.4) is 0 Å². The quantitative estimate of drug-likeness (QED) is 0.723. The summed E-state index contributed by atoms with van der Waals surface area (Å²) >= 11 is 0. The van der Waals surface area contributed by atoms with Crippen molar-refractivity contribution in [3.05, 3.63) is 12.7 Å². The zero-order valence-corrected chi connectivity index (χ0v) is 10.9. The van der Waals surface area contributed by atoms with Crippen LogP contribution < -0.4 is 10.6 Å². The Kier molecular flexibility index (Phi) is 6.05. The van der Waals surface area contributed by atoms with E-state index in [2.05, 4.69) is 24.1 Å². The second kappa shape index (κ2) is 7.33. The van der Waals surface area contributed by atoms with Gasteiger partial charge in [-0.25, -0.2) is 4.79 Å². The highest BCUT2D eigenvalue weighted by Gasteiger charge is 2.21. The zero-order chi connectivity index (χ0) is 12.7. The molecule has 2 N–H and O–H groups in total. The number of nitrogens with one attached hydrogen (secondary N) is 2. The number of hydrogen-bond acceptors (Lipinski definition) is 2. The van der Waals surface area contributed by atoms with Crippen LogP contribution in [0.25, 0.3) is 0 Å². The highest BCUT2D eigenvalue weighted by Crippen LogP contribution is 2.18. The van der Waals surface area contributed by atoms with E-state index in [0.29, 0.717) is 5.92 Å². The number of carbonyl (C=O) groups excluding carboxylic acids is 1. The first-order chi connectivity index (χ1) is 8.13. The third-order valence-corrected chi connectivity index (χ3v) is 3.23. The van der Waals surface area contributed by atoms with Gasteiger partial charge in [0.05, 0.1) is 0 Å². The number of ether oxygens (including phenoxy) is 1. The van der Waals surface area contributed by atoms with E-state index in [4.69, 9.17) is 4.74 Å². The fourth-order valence-electron chi connectivity index (χ4n) is 2.11. The largest absolute Gasteiger partial charge is 0.381 e. The van der Waals surface area contributed by atoms with Crippen LogP contribution in [0.5, 0.6) is 0 Å². The number of rotatable bonds is 5. The minimum absolute atomic E-state index is 0.0849. The SMILES string of the molecule is C=CC[C@H](C)NC(=O)N[C@@H](C)C1CCOCC1. The zero-order valence-electron chi connectivity index (χ0n) is 10.9. The van der Waals surface area contributed by atoms with Gasteiger partial charge in [-0.15, -0.1) is 6.58 Å². The number of urea groups is 1. The molecular weight excluding hydrogens is 216 g/mol. The molecule has 17 heavy (non-hydrogen) atoms. The lowest BCUT2D eigenvalue weighted by atomic mass is 9.93. The minimum Gasteiger partial charge on any atom is -0.381 e. The van der Waals surface area contributed by atoms with E-state index >= 15 is 0 Å². The first-order valence-electron chi connectivity index (χ1n) is 6.39. The monoisotopic (exact) mass is 240 g/mol. The molecule has 1 heterocycles. The van der Waals surface area contributed by atoms with Crippen LogP contribution in [0.2, 0.25) is 0 Å². The van der Waals surface area contributed by atoms with Crippen molar-refractivity contribution in [1.82, 2.24) is 10.6 Å². The molecule has 0 bridgehead atoms. The summed E-state index contributed by atoms with van der Waals surface area (Å²) in [5.41, 5.74) is 0. The Balaban J connectivity index is 2.26. The molecule has 0 saturated carbocycles. The van der Waals surface area contributed by atoms with Crippen LogP contribution in [0.4, 0.5) is 4.79 Å². The third-order valence-electron chi connectivity index (χ3n) is 3.23. The van der Waals surface area contributed by atoms with Gasteiger partial charge in [-0.3, -0.25) is 0 Å². The molecular formula is C13H24N2O2. The molecule has 1 fully saturated rings. The smallest absolute Gasteiger partial charge is 0.315 e. The number of hydrogen-bond donors (Lipinski definition) is 2. The summed E-state index contributed by atoms with van der Waals surface area (Å²) in [5.74, 6) is 0.532. The normalized spacial score (nSPS) is 20.4. The van der Waals surface area contributed by atoms with Crippen molar-refractivity contribution in [2.24, 2.45) is 5.92 Å². The van der Waals surface area contributed by atoms with E-state index in [9.17, 15) is 4.79 Å². The van der Waals surface area contributed by atoms with Crippen molar-refractivity contribution in [2.75, 3.05) is 13.2 Å². The standard InChI is InChI=1S/C13H24N2O2/c1-4-5-10(2)14-13(16)15-11(3)12-6-8-17-9-7-12/h4,10-12H,1,5-9H2,2-3H3,(H2,14,15,16)/t10-,11-/m0/s1. The van der Waals surface area contributed by atoms with Crippen LogP contribution in [0, 0.1) is 5.92 Å². The molecule has 0 aliphatic carbocycles. The van der Waals surface area contributed by atoms with Crippen LogP contribution >= 0.6 is 0 Å². The molecule has 4 heteroatoms. The molecule has 1 aliphatic heterocycles. The average molecular weight is 240 g/mol. The van der Waals surface area contributed by atoms with Crippen molar-refractivity contribution in [3.8, 4) is 0 Å². The van der Waals surface area contributed by atoms with Gasteiger partial charge in [0.1, 0.15) is 0 Å². The molecule has 2 amide bonds. The molecule has 0 aromatic heterocycles. The Bertz CT molecular complexity index is 250. The van der Waals surface area contributed by atoms with Crippen LogP contribution in [-0.4, -0.2) is 31.3 Å². The predicted molar refractivity (Wildman–Crippen MR) is 68.9 cm³/mol. The molecule has 4 nitrogen and oxygen atoms in total. The lowest BCUT2D eigenvalue weighted by Gasteiger charge is -2.28. The van der Waals surface area contributed by atoms with Gasteiger partial charge >= 0.3 is 6.03 Å². The van der Waals surface area contributed by atoms with Crippen LogP contribution in [0.15, 0.2) is 12.7 Å². The van der Waals surface area contributed by atoms with Crippen LogP contribution in [-0.2, 0) is 4.74 Å². The van der Waals surface area contributed by atoms with E-state index in [-0.39, 0.29) is 18.1 Å². The van der Waals surface area contributed by atoms with Crippen molar-refractivity contribution in [3.63, 3.8) is 0 Å². The van der Waals surface area contributed by atoms with Gasteiger partial charge in [-0.2, -0.15) is 0 Å². The Morgan fingerprint density at radius 3 is 2.65 bits per heavy atom. The van der Waals surface area contributed by atoms with Gasteiger partial charge in [0, 0.05) is 25.3 Å². The summed E-state index contributed by atoms with van der Waals surface area (Å²) in [7, 11) is 0. The van der Waals surface area contributed by atoms with Crippen molar-refractivity contribution in [1.29, 1.82) is 0 Å². The number of carbonyl (C=O) groups is 1. The summed E-state index contributed by atoms with van der Waals surface area (Å²) < 4.78 is 5.31. The average Bonchev–Trinajstić information content (AvgIpc) is 2.30. The van der Waals surface area contributed by atoms with E-state index in [1.807, 2.05) is 13.0 Å². The first-order valence-corrected chi connectivity index (χ1v) is 6.39. The molecule has 0 unspecified atom stereocenters. The summed E-state index contributed by atoms with van der Waals surface area (Å²) in [4.78, 5) is 11.7. The minimum atomic E-state index is -0.0849. The maximum Gasteiger partial charge on any atom is 0.315 e. The molecule has 0 spiro atoms. The number of amides is 2. The third kappa shape index (κ3) is 5.22. The highest BCUT2D eigenvalue weighted by atomic mass is 16.5. The highest BCUT2D eigenvalue weighted by molar-refractivity contribution is 5.74. The maximum atomic E-state index is 11.7. The topological polar surface area (TPSA) is 50.4 Å². The summed E-state index contributed by atoms with van der Waals surface area (Å²) in [5, 5.41) is 5.90. The molecule has 0 radical (unpaired) electrons. The van der Waals surface area contributed by atoms with Crippen molar-refractivity contribution >= 4 is 6.03 Å². The second-order valence-corrected chi connectivity index (χ2v) is 4.78. The van der Waals surface area contributed by atoms with Gasteiger partial charge in [0.15, 0.2) is 0 Å². The van der Waals surface area contributed by atoms with E-state index in [0.717, 1.165) is 32.5 Å². The van der Waals surface area contributed by atoms with Gasteiger partial charge in [0.25, 0.3) is 0 Å². The molecule has 0 aromatic carbocycles. The fourth-order valence-corrected chi connectivity index (χ4v) is 2.11. The summed E-state index contributed by atoms with van der Waals surface area (Å²) in [6, 6.07) is 0.252. The molecule has 98 valence electrons. The van der Waals surface area contributed by atoms with Gasteiger partial charge in [-0.1, -0.05) is 6.08 Å².